The fraction of sp³-hybridized carbons (Fsp3) is 0.556. The Morgan fingerprint density at radius 3 is 2.79 bits per heavy atom. The van der Waals surface area contributed by atoms with Gasteiger partial charge in [0.25, 0.3) is 0 Å². The van der Waals surface area contributed by atoms with Gasteiger partial charge in [-0.1, -0.05) is 0 Å². The Kier molecular flexibility index (Phi) is 5.77. The largest absolute Gasteiger partial charge is 0.453 e. The predicted octanol–water partition coefficient (Wildman–Crippen LogP) is 2.58. The molecule has 0 amide bonds. The zero-order chi connectivity index (χ0) is 10.4. The summed E-state index contributed by atoms with van der Waals surface area (Å²) in [5.74, 6) is 0.966. The summed E-state index contributed by atoms with van der Waals surface area (Å²) in [6, 6.07) is 1.97. The number of nitrogens with one attached hydrogen (secondary N) is 1. The third-order valence-corrected chi connectivity index (χ3v) is 3.44. The summed E-state index contributed by atoms with van der Waals surface area (Å²) in [7, 11) is 1.70. The summed E-state index contributed by atoms with van der Waals surface area (Å²) >= 11 is 6.66. The normalized spacial score (nSPS) is 10.8. The molecule has 0 spiro atoms. The minimum Gasteiger partial charge on any atom is -0.453 e. The van der Waals surface area contributed by atoms with Crippen molar-refractivity contribution >= 4 is 31.9 Å². The first kappa shape index (κ1) is 12.2. The van der Waals surface area contributed by atoms with Crippen LogP contribution in [0.4, 0.5) is 0 Å². The van der Waals surface area contributed by atoms with Crippen LogP contribution in [0.15, 0.2) is 19.6 Å². The average Bonchev–Trinajstić information content (AvgIpc) is 2.46. The molecule has 1 aromatic rings. The molecule has 0 bridgehead atoms. The van der Waals surface area contributed by atoms with E-state index >= 15 is 0 Å². The van der Waals surface area contributed by atoms with Gasteiger partial charge < -0.3 is 14.5 Å². The van der Waals surface area contributed by atoms with E-state index in [2.05, 4.69) is 37.2 Å². The second kappa shape index (κ2) is 6.61. The fourth-order valence-electron chi connectivity index (χ4n) is 1.03. The maximum absolute atomic E-state index is 5.42. The highest BCUT2D eigenvalue weighted by Crippen LogP contribution is 2.26. The molecule has 0 unspecified atom stereocenters. The first-order valence-electron chi connectivity index (χ1n) is 4.37. The molecule has 0 aromatic carbocycles. The van der Waals surface area contributed by atoms with Gasteiger partial charge in [-0.2, -0.15) is 0 Å². The smallest absolute Gasteiger partial charge is 0.183 e. The van der Waals surface area contributed by atoms with Crippen molar-refractivity contribution in [2.75, 3.05) is 26.8 Å². The van der Waals surface area contributed by atoms with Crippen molar-refractivity contribution in [3.63, 3.8) is 0 Å². The van der Waals surface area contributed by atoms with Gasteiger partial charge in [-0.3, -0.25) is 0 Å². The van der Waals surface area contributed by atoms with E-state index in [9.17, 15) is 0 Å². The molecular formula is C9H13Br2NO2. The van der Waals surface area contributed by atoms with E-state index in [1.54, 1.807) is 7.11 Å². The minimum atomic E-state index is 0.742. The number of rotatable bonds is 6. The molecule has 0 saturated carbocycles. The van der Waals surface area contributed by atoms with Crippen molar-refractivity contribution in [2.45, 2.75) is 6.42 Å². The highest BCUT2D eigenvalue weighted by atomic mass is 79.9. The molecule has 0 atom stereocenters. The molecule has 3 nitrogen and oxygen atoms in total. The van der Waals surface area contributed by atoms with Crippen LogP contribution in [-0.2, 0) is 11.2 Å². The molecule has 0 aliphatic heterocycles. The van der Waals surface area contributed by atoms with Crippen LogP contribution in [0.5, 0.6) is 0 Å². The SMILES string of the molecule is COCCNCCc1cc(Br)c(Br)o1. The van der Waals surface area contributed by atoms with Crippen LogP contribution < -0.4 is 5.32 Å². The van der Waals surface area contributed by atoms with Crippen LogP contribution >= 0.6 is 31.9 Å². The molecule has 1 N–H and O–H groups in total. The van der Waals surface area contributed by atoms with Crippen molar-refractivity contribution < 1.29 is 9.15 Å². The number of furan rings is 1. The van der Waals surface area contributed by atoms with Gasteiger partial charge in [0.2, 0.25) is 0 Å². The summed E-state index contributed by atoms with van der Waals surface area (Å²) in [6.07, 6.45) is 0.883. The lowest BCUT2D eigenvalue weighted by Gasteiger charge is -2.01. The molecule has 0 fully saturated rings. The third-order valence-electron chi connectivity index (χ3n) is 1.73. The van der Waals surface area contributed by atoms with Crippen LogP contribution in [0, 0.1) is 0 Å². The second-order valence-corrected chi connectivity index (χ2v) is 4.40. The van der Waals surface area contributed by atoms with Crippen molar-refractivity contribution in [2.24, 2.45) is 0 Å². The molecule has 1 aromatic heterocycles. The average molecular weight is 327 g/mol. The molecule has 14 heavy (non-hydrogen) atoms. The van der Waals surface area contributed by atoms with Crippen LogP contribution in [-0.4, -0.2) is 26.8 Å². The maximum Gasteiger partial charge on any atom is 0.183 e. The van der Waals surface area contributed by atoms with E-state index in [1.807, 2.05) is 6.07 Å². The van der Waals surface area contributed by atoms with Gasteiger partial charge in [0, 0.05) is 26.6 Å². The molecule has 0 radical (unpaired) electrons. The summed E-state index contributed by atoms with van der Waals surface area (Å²) < 4.78 is 12.1. The third kappa shape index (κ3) is 4.13. The van der Waals surface area contributed by atoms with Crippen molar-refractivity contribution in [1.29, 1.82) is 0 Å². The van der Waals surface area contributed by atoms with Gasteiger partial charge >= 0.3 is 0 Å². The molecule has 80 valence electrons. The lowest BCUT2D eigenvalue weighted by Crippen LogP contribution is -2.21. The Balaban J connectivity index is 2.18. The van der Waals surface area contributed by atoms with Gasteiger partial charge in [0.15, 0.2) is 4.67 Å². The molecule has 0 aliphatic rings. The van der Waals surface area contributed by atoms with E-state index in [-0.39, 0.29) is 0 Å². The molecule has 0 saturated heterocycles. The quantitative estimate of drug-likeness (QED) is 0.816. The van der Waals surface area contributed by atoms with E-state index < -0.39 is 0 Å². The maximum atomic E-state index is 5.42. The van der Waals surface area contributed by atoms with E-state index in [4.69, 9.17) is 9.15 Å². The zero-order valence-electron chi connectivity index (χ0n) is 7.98. The van der Waals surface area contributed by atoms with Gasteiger partial charge in [-0.15, -0.1) is 0 Å². The standard InChI is InChI=1S/C9H13Br2NO2/c1-13-5-4-12-3-2-7-6-8(10)9(11)14-7/h6,12H,2-5H2,1H3. The Morgan fingerprint density at radius 2 is 2.21 bits per heavy atom. The lowest BCUT2D eigenvalue weighted by atomic mass is 10.3. The number of halogens is 2. The summed E-state index contributed by atoms with van der Waals surface area (Å²) in [5, 5.41) is 3.25. The fourth-order valence-corrected chi connectivity index (χ4v) is 1.68. The van der Waals surface area contributed by atoms with Gasteiger partial charge in [-0.05, 0) is 37.9 Å². The molecule has 0 aliphatic carbocycles. The number of hydrogen-bond donors (Lipinski definition) is 1. The van der Waals surface area contributed by atoms with Crippen molar-refractivity contribution in [1.82, 2.24) is 5.32 Å². The van der Waals surface area contributed by atoms with Gasteiger partial charge in [0.05, 0.1) is 11.1 Å². The highest BCUT2D eigenvalue weighted by molar-refractivity contribution is 9.13. The molecular weight excluding hydrogens is 314 g/mol. The van der Waals surface area contributed by atoms with Crippen LogP contribution in [0.25, 0.3) is 0 Å². The second-order valence-electron chi connectivity index (χ2n) is 2.83. The number of hydrogen-bond acceptors (Lipinski definition) is 3. The van der Waals surface area contributed by atoms with Crippen LogP contribution in [0.3, 0.4) is 0 Å². The molecule has 1 rings (SSSR count). The van der Waals surface area contributed by atoms with E-state index in [0.717, 1.165) is 41.0 Å². The number of methoxy groups -OCH3 is 1. The monoisotopic (exact) mass is 325 g/mol. The summed E-state index contributed by atoms with van der Waals surface area (Å²) in [6.45, 7) is 2.51. The van der Waals surface area contributed by atoms with Crippen LogP contribution in [0.1, 0.15) is 5.76 Å². The van der Waals surface area contributed by atoms with Gasteiger partial charge in [0.1, 0.15) is 5.76 Å². The van der Waals surface area contributed by atoms with Crippen LogP contribution in [0.2, 0.25) is 0 Å². The first-order valence-corrected chi connectivity index (χ1v) is 5.96. The van der Waals surface area contributed by atoms with E-state index in [0.29, 0.717) is 0 Å². The number of ether oxygens (including phenoxy) is 1. The molecule has 1 heterocycles. The highest BCUT2D eigenvalue weighted by Gasteiger charge is 2.04. The Labute approximate surface area is 100 Å². The Hall–Kier alpha value is 0.160. The zero-order valence-corrected chi connectivity index (χ0v) is 11.2. The topological polar surface area (TPSA) is 34.4 Å². The summed E-state index contributed by atoms with van der Waals surface area (Å²) in [5.41, 5.74) is 0. The van der Waals surface area contributed by atoms with Crippen molar-refractivity contribution in [3.8, 4) is 0 Å². The predicted molar refractivity (Wildman–Crippen MR) is 62.6 cm³/mol. The molecule has 5 heteroatoms. The lowest BCUT2D eigenvalue weighted by molar-refractivity contribution is 0.199. The van der Waals surface area contributed by atoms with Crippen molar-refractivity contribution in [3.05, 3.63) is 21.0 Å². The Morgan fingerprint density at radius 1 is 1.43 bits per heavy atom. The summed E-state index contributed by atoms with van der Waals surface area (Å²) in [4.78, 5) is 0. The Bertz CT molecular complexity index is 256. The van der Waals surface area contributed by atoms with E-state index in [1.165, 1.54) is 0 Å². The van der Waals surface area contributed by atoms with Gasteiger partial charge in [-0.25, -0.2) is 0 Å². The first-order chi connectivity index (χ1) is 6.74. The minimum absolute atomic E-state index is 0.742.